The molecule has 0 aliphatic heterocycles. The van der Waals surface area contributed by atoms with E-state index in [9.17, 15) is 5.11 Å². The maximum absolute atomic E-state index is 9.89. The van der Waals surface area contributed by atoms with Crippen LogP contribution in [-0.2, 0) is 6.61 Å². The molecule has 1 N–H and O–H groups in total. The number of phenolic OH excluding ortho intramolecular Hbond substituents is 1. The molecule has 4 aromatic carbocycles. The first-order chi connectivity index (χ1) is 18.0. The second-order valence-electron chi connectivity index (χ2n) is 9.23. The number of allylic oxidation sites excluding steroid dienone is 1. The summed E-state index contributed by atoms with van der Waals surface area (Å²) in [6.45, 7) is 4.23. The lowest BCUT2D eigenvalue weighted by Crippen LogP contribution is -2.19. The van der Waals surface area contributed by atoms with Crippen molar-refractivity contribution in [3.63, 3.8) is 0 Å². The van der Waals surface area contributed by atoms with Crippen molar-refractivity contribution in [3.05, 3.63) is 125 Å². The molecule has 190 valence electrons. The highest BCUT2D eigenvalue weighted by Gasteiger charge is 2.14. The van der Waals surface area contributed by atoms with E-state index < -0.39 is 0 Å². The van der Waals surface area contributed by atoms with Crippen LogP contribution in [-0.4, -0.2) is 37.3 Å². The summed E-state index contributed by atoms with van der Waals surface area (Å²) in [5.74, 6) is 1.95. The third-order valence-corrected chi connectivity index (χ3v) is 6.21. The predicted octanol–water partition coefficient (Wildman–Crippen LogP) is 7.28. The lowest BCUT2D eigenvalue weighted by atomic mass is 9.88. The molecule has 0 saturated carbocycles. The minimum absolute atomic E-state index is 0.255. The Bertz CT molecular complexity index is 1280. The Hall–Kier alpha value is -4.02. The first kappa shape index (κ1) is 26.1. The van der Waals surface area contributed by atoms with Crippen LogP contribution in [0.15, 0.2) is 103 Å². The van der Waals surface area contributed by atoms with Crippen LogP contribution in [0.3, 0.4) is 0 Å². The Morgan fingerprint density at radius 2 is 1.22 bits per heavy atom. The van der Waals surface area contributed by atoms with E-state index in [1.807, 2.05) is 68.7 Å². The van der Waals surface area contributed by atoms with Gasteiger partial charge in [-0.05, 0) is 90.3 Å². The molecule has 0 aliphatic carbocycles. The van der Waals surface area contributed by atoms with Crippen LogP contribution in [0.1, 0.15) is 35.6 Å². The molecule has 37 heavy (non-hydrogen) atoms. The summed E-state index contributed by atoms with van der Waals surface area (Å²) in [7, 11) is 4.07. The van der Waals surface area contributed by atoms with Gasteiger partial charge in [0.1, 0.15) is 30.5 Å². The number of nitrogens with zero attached hydrogens (tertiary/aromatic N) is 1. The zero-order valence-electron chi connectivity index (χ0n) is 21.9. The van der Waals surface area contributed by atoms with Crippen LogP contribution in [0.25, 0.3) is 11.1 Å². The summed E-state index contributed by atoms with van der Waals surface area (Å²) >= 11 is 0. The molecule has 4 rings (SSSR count). The van der Waals surface area contributed by atoms with Gasteiger partial charge in [-0.25, -0.2) is 0 Å². The fraction of sp³-hybridized carbons (Fsp3) is 0.212. The number of likely N-dealkylation sites (N-methyl/N-ethyl adjacent to an activating group) is 1. The van der Waals surface area contributed by atoms with Crippen LogP contribution >= 0.6 is 0 Å². The van der Waals surface area contributed by atoms with Crippen LogP contribution in [0.2, 0.25) is 0 Å². The van der Waals surface area contributed by atoms with Gasteiger partial charge in [0.05, 0.1) is 0 Å². The summed E-state index contributed by atoms with van der Waals surface area (Å²) < 4.78 is 11.9. The summed E-state index contributed by atoms with van der Waals surface area (Å²) in [6, 6.07) is 34.2. The molecule has 0 heterocycles. The van der Waals surface area contributed by atoms with Gasteiger partial charge in [0.15, 0.2) is 0 Å². The summed E-state index contributed by atoms with van der Waals surface area (Å²) in [5.41, 5.74) is 6.81. The van der Waals surface area contributed by atoms with E-state index in [1.165, 1.54) is 5.57 Å². The third-order valence-electron chi connectivity index (χ3n) is 6.21. The molecular weight excluding hydrogens is 458 g/mol. The zero-order chi connectivity index (χ0) is 26.0. The average molecular weight is 494 g/mol. The van der Waals surface area contributed by atoms with E-state index in [0.717, 1.165) is 52.3 Å². The molecule has 0 fully saturated rings. The molecule has 0 bridgehead atoms. The van der Waals surface area contributed by atoms with Crippen molar-refractivity contribution in [1.29, 1.82) is 0 Å². The quantitative estimate of drug-likeness (QED) is 0.223. The highest BCUT2D eigenvalue weighted by molar-refractivity contribution is 5.98. The summed E-state index contributed by atoms with van der Waals surface area (Å²) in [6.07, 6.45) is 0.849. The normalized spacial score (nSPS) is 11.8. The molecular formula is C33H35NO3. The second kappa shape index (κ2) is 12.8. The monoisotopic (exact) mass is 493 g/mol. The molecule has 0 unspecified atom stereocenters. The molecule has 4 heteroatoms. The lowest BCUT2D eigenvalue weighted by molar-refractivity contribution is 0.261. The van der Waals surface area contributed by atoms with Crippen LogP contribution < -0.4 is 9.47 Å². The number of hydrogen-bond acceptors (Lipinski definition) is 4. The molecule has 0 atom stereocenters. The standard InChI is InChI=1S/C33H35NO3/c1-4-32(26-12-18-31(19-13-26)37-24-25-8-6-5-7-9-25)33(27-10-16-29(35)17-11-27)28-14-20-30(21-15-28)36-23-22-34(2)3/h5-21,35H,4,22-24H2,1-3H3/b33-32+. The van der Waals surface area contributed by atoms with Gasteiger partial charge in [-0.1, -0.05) is 73.7 Å². The molecule has 0 radical (unpaired) electrons. The summed E-state index contributed by atoms with van der Waals surface area (Å²) in [5, 5.41) is 9.89. The van der Waals surface area contributed by atoms with E-state index >= 15 is 0 Å². The van der Waals surface area contributed by atoms with Crippen molar-refractivity contribution < 1.29 is 14.6 Å². The van der Waals surface area contributed by atoms with Gasteiger partial charge in [-0.15, -0.1) is 0 Å². The average Bonchev–Trinajstić information content (AvgIpc) is 2.92. The van der Waals surface area contributed by atoms with Crippen molar-refractivity contribution in [3.8, 4) is 17.2 Å². The minimum atomic E-state index is 0.255. The van der Waals surface area contributed by atoms with Crippen LogP contribution in [0.5, 0.6) is 17.2 Å². The fourth-order valence-electron chi connectivity index (χ4n) is 4.23. The van der Waals surface area contributed by atoms with Crippen molar-refractivity contribution in [2.45, 2.75) is 20.0 Å². The number of aromatic hydroxyl groups is 1. The Morgan fingerprint density at radius 3 is 1.78 bits per heavy atom. The van der Waals surface area contributed by atoms with Gasteiger partial charge in [0, 0.05) is 6.54 Å². The second-order valence-corrected chi connectivity index (χ2v) is 9.23. The van der Waals surface area contributed by atoms with Gasteiger partial charge < -0.3 is 19.5 Å². The van der Waals surface area contributed by atoms with Crippen molar-refractivity contribution >= 4 is 11.1 Å². The molecule has 4 nitrogen and oxygen atoms in total. The maximum Gasteiger partial charge on any atom is 0.119 e. The molecule has 0 saturated heterocycles. The molecule has 0 aliphatic rings. The first-order valence-electron chi connectivity index (χ1n) is 12.7. The number of benzene rings is 4. The minimum Gasteiger partial charge on any atom is -0.508 e. The number of ether oxygens (including phenoxy) is 2. The SMILES string of the molecule is CC/C(=C(/c1ccc(O)cc1)c1ccc(OCCN(C)C)cc1)c1ccc(OCc2ccccc2)cc1. The molecule has 0 spiro atoms. The van der Waals surface area contributed by atoms with Gasteiger partial charge in [0.25, 0.3) is 0 Å². The van der Waals surface area contributed by atoms with Crippen molar-refractivity contribution in [2.75, 3.05) is 27.2 Å². The largest absolute Gasteiger partial charge is 0.508 e. The van der Waals surface area contributed by atoms with Crippen molar-refractivity contribution in [2.24, 2.45) is 0 Å². The van der Waals surface area contributed by atoms with E-state index in [1.54, 1.807) is 12.1 Å². The van der Waals surface area contributed by atoms with E-state index in [0.29, 0.717) is 13.2 Å². The highest BCUT2D eigenvalue weighted by atomic mass is 16.5. The third kappa shape index (κ3) is 7.25. The number of hydrogen-bond donors (Lipinski definition) is 1. The van der Waals surface area contributed by atoms with Gasteiger partial charge in [-0.2, -0.15) is 0 Å². The Balaban J connectivity index is 1.63. The Labute approximate surface area is 220 Å². The lowest BCUT2D eigenvalue weighted by Gasteiger charge is -2.17. The topological polar surface area (TPSA) is 41.9 Å². The van der Waals surface area contributed by atoms with Gasteiger partial charge in [0.2, 0.25) is 0 Å². The molecule has 4 aromatic rings. The fourth-order valence-corrected chi connectivity index (χ4v) is 4.23. The van der Waals surface area contributed by atoms with Crippen LogP contribution in [0, 0.1) is 0 Å². The van der Waals surface area contributed by atoms with Crippen molar-refractivity contribution in [1.82, 2.24) is 4.90 Å². The van der Waals surface area contributed by atoms with E-state index in [-0.39, 0.29) is 5.75 Å². The van der Waals surface area contributed by atoms with E-state index in [4.69, 9.17) is 9.47 Å². The number of phenols is 1. The van der Waals surface area contributed by atoms with E-state index in [2.05, 4.69) is 48.2 Å². The Morgan fingerprint density at radius 1 is 0.676 bits per heavy atom. The smallest absolute Gasteiger partial charge is 0.119 e. The van der Waals surface area contributed by atoms with Crippen LogP contribution in [0.4, 0.5) is 0 Å². The molecule has 0 aromatic heterocycles. The van der Waals surface area contributed by atoms with Gasteiger partial charge in [-0.3, -0.25) is 0 Å². The predicted molar refractivity (Wildman–Crippen MR) is 152 cm³/mol. The number of rotatable bonds is 11. The molecule has 0 amide bonds. The Kier molecular flexibility index (Phi) is 9.01. The van der Waals surface area contributed by atoms with Gasteiger partial charge >= 0.3 is 0 Å². The summed E-state index contributed by atoms with van der Waals surface area (Å²) in [4.78, 5) is 2.10. The highest BCUT2D eigenvalue weighted by Crippen LogP contribution is 2.36. The first-order valence-corrected chi connectivity index (χ1v) is 12.7. The zero-order valence-corrected chi connectivity index (χ0v) is 21.9. The maximum atomic E-state index is 9.89.